The van der Waals surface area contributed by atoms with Crippen LogP contribution in [0.1, 0.15) is 31.1 Å². The number of rotatable bonds is 1. The number of imidazole rings is 1. The topological polar surface area (TPSA) is 105 Å². The van der Waals surface area contributed by atoms with Gasteiger partial charge in [0.05, 0.1) is 25.0 Å². The number of H-pyrrole nitrogens is 1. The summed E-state index contributed by atoms with van der Waals surface area (Å²) in [6, 6.07) is 5.51. The van der Waals surface area contributed by atoms with Crippen LogP contribution in [-0.4, -0.2) is 29.7 Å². The van der Waals surface area contributed by atoms with Gasteiger partial charge in [0.1, 0.15) is 5.82 Å². The number of amides is 1. The lowest BCUT2D eigenvalue weighted by molar-refractivity contribution is 0.187. The summed E-state index contributed by atoms with van der Waals surface area (Å²) < 4.78 is 4.65. The quantitative estimate of drug-likeness (QED) is 0.595. The van der Waals surface area contributed by atoms with E-state index >= 15 is 0 Å². The number of hydrogen-bond donors (Lipinski definition) is 4. The van der Waals surface area contributed by atoms with Gasteiger partial charge in [-0.2, -0.15) is 0 Å². The average Bonchev–Trinajstić information content (AvgIpc) is 3.10. The van der Waals surface area contributed by atoms with Crippen LogP contribution in [0.4, 0.5) is 16.2 Å². The Balaban J connectivity index is 1.95. The van der Waals surface area contributed by atoms with Gasteiger partial charge in [-0.25, -0.2) is 9.78 Å². The highest BCUT2D eigenvalue weighted by molar-refractivity contribution is 5.87. The molecule has 25 heavy (non-hydrogen) atoms. The van der Waals surface area contributed by atoms with E-state index in [1.807, 2.05) is 18.2 Å². The number of carbonyl (C=O) groups excluding carboxylic acids is 1. The molecule has 1 atom stereocenters. The Hall–Kier alpha value is -2.80. The van der Waals surface area contributed by atoms with E-state index in [-0.39, 0.29) is 6.04 Å². The van der Waals surface area contributed by atoms with Gasteiger partial charge in [-0.15, -0.1) is 0 Å². The van der Waals surface area contributed by atoms with Crippen molar-refractivity contribution < 1.29 is 9.53 Å². The predicted molar refractivity (Wildman–Crippen MR) is 98.5 cm³/mol. The fourth-order valence-electron chi connectivity index (χ4n) is 2.75. The molecule has 0 saturated carbocycles. The van der Waals surface area contributed by atoms with Gasteiger partial charge in [0.15, 0.2) is 0 Å². The molecule has 132 valence electrons. The van der Waals surface area contributed by atoms with Crippen LogP contribution < -0.4 is 16.4 Å². The number of aromatic amines is 1. The minimum Gasteiger partial charge on any atom is -0.453 e. The summed E-state index contributed by atoms with van der Waals surface area (Å²) in [6.07, 6.45) is 8.30. The fourth-order valence-corrected chi connectivity index (χ4v) is 2.75. The minimum absolute atomic E-state index is 0.151. The summed E-state index contributed by atoms with van der Waals surface area (Å²) in [5.41, 5.74) is 9.65. The third-order valence-corrected chi connectivity index (χ3v) is 4.11. The highest BCUT2D eigenvalue weighted by Crippen LogP contribution is 2.31. The van der Waals surface area contributed by atoms with Crippen molar-refractivity contribution in [3.05, 3.63) is 42.4 Å². The molecule has 7 heteroatoms. The van der Waals surface area contributed by atoms with Gasteiger partial charge in [-0.05, 0) is 37.5 Å². The van der Waals surface area contributed by atoms with Crippen molar-refractivity contribution >= 4 is 17.5 Å². The molecule has 1 aromatic carbocycles. The van der Waals surface area contributed by atoms with Gasteiger partial charge in [0, 0.05) is 23.5 Å². The standard InChI is InChI=1S/C18H23N5O2/c1-25-18(24)22-12-7-8-13-15(10-12)20-9-5-3-2-4-6-14(19)17-21-11-16(13)23-17/h2,4,7-8,10-11,14,20H,3,5-6,9,19H2,1H3,(H,21,23)(H,22,24)/b4-2-/t14-/m0/s1. The largest absolute Gasteiger partial charge is 0.453 e. The lowest BCUT2D eigenvalue weighted by atomic mass is 10.1. The molecule has 0 radical (unpaired) electrons. The number of allylic oxidation sites excluding steroid dienone is 1. The summed E-state index contributed by atoms with van der Waals surface area (Å²) in [5, 5.41) is 6.13. The summed E-state index contributed by atoms with van der Waals surface area (Å²) in [6.45, 7) is 0.825. The third kappa shape index (κ3) is 4.19. The zero-order chi connectivity index (χ0) is 17.6. The lowest BCUT2D eigenvalue weighted by Crippen LogP contribution is -2.11. The van der Waals surface area contributed by atoms with Crippen LogP contribution in [0.25, 0.3) is 11.3 Å². The number of nitrogens with zero attached hydrogens (tertiary/aromatic N) is 1. The maximum atomic E-state index is 11.4. The molecule has 0 aliphatic carbocycles. The number of nitrogens with one attached hydrogen (secondary N) is 3. The highest BCUT2D eigenvalue weighted by Gasteiger charge is 2.14. The molecule has 0 saturated heterocycles. The Morgan fingerprint density at radius 2 is 2.28 bits per heavy atom. The SMILES string of the molecule is COC(=O)Nc1ccc2c(c1)NCCC/C=C\C[C@H](N)c1ncc-2[nH]1. The first-order valence-corrected chi connectivity index (χ1v) is 8.36. The maximum Gasteiger partial charge on any atom is 0.411 e. The summed E-state index contributed by atoms with van der Waals surface area (Å²) in [5.74, 6) is 0.765. The molecule has 3 rings (SSSR count). The predicted octanol–water partition coefficient (Wildman–Crippen LogP) is 3.41. The number of aromatic nitrogens is 2. The Morgan fingerprint density at radius 3 is 3.12 bits per heavy atom. The first kappa shape index (κ1) is 17.0. The molecule has 7 nitrogen and oxygen atoms in total. The highest BCUT2D eigenvalue weighted by atomic mass is 16.5. The van der Waals surface area contributed by atoms with Crippen LogP contribution in [0.2, 0.25) is 0 Å². The lowest BCUT2D eigenvalue weighted by Gasteiger charge is -2.13. The molecule has 1 aromatic heterocycles. The second kappa shape index (κ2) is 7.85. The molecule has 1 amide bonds. The minimum atomic E-state index is -0.496. The monoisotopic (exact) mass is 341 g/mol. The van der Waals surface area contributed by atoms with E-state index in [1.165, 1.54) is 7.11 Å². The van der Waals surface area contributed by atoms with Crippen molar-refractivity contribution in [2.24, 2.45) is 5.73 Å². The van der Waals surface area contributed by atoms with E-state index in [0.717, 1.165) is 48.6 Å². The Morgan fingerprint density at radius 1 is 1.40 bits per heavy atom. The zero-order valence-electron chi connectivity index (χ0n) is 14.2. The van der Waals surface area contributed by atoms with Crippen molar-refractivity contribution in [1.82, 2.24) is 9.97 Å². The van der Waals surface area contributed by atoms with E-state index in [2.05, 4.69) is 37.5 Å². The summed E-state index contributed by atoms with van der Waals surface area (Å²) in [7, 11) is 1.34. The van der Waals surface area contributed by atoms with Crippen molar-refractivity contribution in [3.63, 3.8) is 0 Å². The fraction of sp³-hybridized carbons (Fsp3) is 0.333. The van der Waals surface area contributed by atoms with E-state index in [1.54, 1.807) is 6.20 Å². The van der Waals surface area contributed by atoms with E-state index < -0.39 is 6.09 Å². The van der Waals surface area contributed by atoms with Crippen molar-refractivity contribution in [3.8, 4) is 11.3 Å². The summed E-state index contributed by atoms with van der Waals surface area (Å²) >= 11 is 0. The Kier molecular flexibility index (Phi) is 5.35. The van der Waals surface area contributed by atoms with Crippen LogP contribution >= 0.6 is 0 Å². The molecule has 2 heterocycles. The van der Waals surface area contributed by atoms with E-state index in [9.17, 15) is 4.79 Å². The molecule has 0 unspecified atom stereocenters. The first-order chi connectivity index (χ1) is 12.2. The zero-order valence-corrected chi connectivity index (χ0v) is 14.2. The average molecular weight is 341 g/mol. The maximum absolute atomic E-state index is 11.4. The van der Waals surface area contributed by atoms with E-state index in [0.29, 0.717) is 5.69 Å². The number of fused-ring (bicyclic) bond motifs is 4. The van der Waals surface area contributed by atoms with Crippen molar-refractivity contribution in [2.75, 3.05) is 24.3 Å². The van der Waals surface area contributed by atoms with Gasteiger partial charge in [0.2, 0.25) is 0 Å². The number of hydrogen-bond acceptors (Lipinski definition) is 5. The second-order valence-electron chi connectivity index (χ2n) is 5.94. The molecule has 0 fully saturated rings. The van der Waals surface area contributed by atoms with Crippen LogP contribution in [0.5, 0.6) is 0 Å². The Labute approximate surface area is 146 Å². The number of nitrogens with two attached hydrogens (primary N) is 1. The van der Waals surface area contributed by atoms with Crippen LogP contribution in [0.15, 0.2) is 36.5 Å². The van der Waals surface area contributed by atoms with Crippen LogP contribution in [0, 0.1) is 0 Å². The molecule has 1 aliphatic rings. The number of anilines is 2. The smallest absolute Gasteiger partial charge is 0.411 e. The molecule has 1 aliphatic heterocycles. The summed E-state index contributed by atoms with van der Waals surface area (Å²) in [4.78, 5) is 19.2. The third-order valence-electron chi connectivity index (χ3n) is 4.11. The number of carbonyl (C=O) groups is 1. The molecule has 0 spiro atoms. The van der Waals surface area contributed by atoms with E-state index in [4.69, 9.17) is 5.73 Å². The van der Waals surface area contributed by atoms with Crippen molar-refractivity contribution in [2.45, 2.75) is 25.3 Å². The molecule has 5 N–H and O–H groups in total. The van der Waals surface area contributed by atoms with Gasteiger partial charge in [-0.3, -0.25) is 5.32 Å². The van der Waals surface area contributed by atoms with Crippen molar-refractivity contribution in [1.29, 1.82) is 0 Å². The first-order valence-electron chi connectivity index (χ1n) is 8.36. The number of methoxy groups -OCH3 is 1. The molecular weight excluding hydrogens is 318 g/mol. The second-order valence-corrected chi connectivity index (χ2v) is 5.94. The Bertz CT molecular complexity index is 769. The number of benzene rings is 1. The van der Waals surface area contributed by atoms with Gasteiger partial charge in [0.25, 0.3) is 0 Å². The van der Waals surface area contributed by atoms with Gasteiger partial charge >= 0.3 is 6.09 Å². The van der Waals surface area contributed by atoms with Crippen LogP contribution in [-0.2, 0) is 4.74 Å². The van der Waals surface area contributed by atoms with Gasteiger partial charge in [-0.1, -0.05) is 12.2 Å². The normalized spacial score (nSPS) is 18.6. The van der Waals surface area contributed by atoms with Gasteiger partial charge < -0.3 is 20.8 Å². The number of ether oxygens (including phenoxy) is 1. The van der Waals surface area contributed by atoms with Crippen LogP contribution in [0.3, 0.4) is 0 Å². The molecular formula is C18H23N5O2. The molecule has 2 bridgehead atoms. The molecule has 2 aromatic rings.